The van der Waals surface area contributed by atoms with Gasteiger partial charge in [0.15, 0.2) is 0 Å². The molecule has 2 N–H and O–H groups in total. The van der Waals surface area contributed by atoms with Gasteiger partial charge < -0.3 is 15.5 Å². The van der Waals surface area contributed by atoms with Gasteiger partial charge in [0.05, 0.1) is 0 Å². The number of fused-ring (bicyclic) bond motifs is 1. The Morgan fingerprint density at radius 2 is 2.06 bits per heavy atom. The minimum atomic E-state index is -0.221. The fourth-order valence-corrected chi connectivity index (χ4v) is 2.15. The van der Waals surface area contributed by atoms with Crippen LogP contribution in [-0.4, -0.2) is 25.2 Å². The lowest BCUT2D eigenvalue weighted by atomic mass is 10.1. The highest BCUT2D eigenvalue weighted by Gasteiger charge is 2.17. The van der Waals surface area contributed by atoms with E-state index in [2.05, 4.69) is 34.7 Å². The average molecular weight is 247 g/mol. The molecular formula is C14H21N3O. The van der Waals surface area contributed by atoms with E-state index in [9.17, 15) is 4.79 Å². The summed E-state index contributed by atoms with van der Waals surface area (Å²) in [7, 11) is 2.09. The van der Waals surface area contributed by atoms with Crippen LogP contribution in [0.25, 0.3) is 0 Å². The average Bonchev–Trinajstić information content (AvgIpc) is 2.57. The lowest BCUT2D eigenvalue weighted by Gasteiger charge is -2.21. The van der Waals surface area contributed by atoms with Gasteiger partial charge in [-0.1, -0.05) is 0 Å². The highest BCUT2D eigenvalue weighted by molar-refractivity contribution is 5.90. The fraction of sp³-hybridized carbons (Fsp3) is 0.500. The molecular weight excluding hydrogens is 226 g/mol. The number of hydrogen-bond acceptors (Lipinski definition) is 2. The van der Waals surface area contributed by atoms with Gasteiger partial charge in [-0.3, -0.25) is 0 Å². The second-order valence-electron chi connectivity index (χ2n) is 5.84. The molecule has 0 saturated heterocycles. The zero-order chi connectivity index (χ0) is 13.3. The molecule has 0 atom stereocenters. The van der Waals surface area contributed by atoms with Crippen LogP contribution in [0.3, 0.4) is 0 Å². The number of nitrogens with zero attached hydrogens (tertiary/aromatic N) is 1. The zero-order valence-corrected chi connectivity index (χ0v) is 11.5. The van der Waals surface area contributed by atoms with Gasteiger partial charge in [0.2, 0.25) is 0 Å². The quantitative estimate of drug-likeness (QED) is 0.801. The predicted octanol–water partition coefficient (Wildman–Crippen LogP) is 2.60. The molecule has 1 aromatic rings. The summed E-state index contributed by atoms with van der Waals surface area (Å²) in [5.74, 6) is 0. The molecule has 0 saturated carbocycles. The summed E-state index contributed by atoms with van der Waals surface area (Å²) in [6.45, 7) is 6.94. The summed E-state index contributed by atoms with van der Waals surface area (Å²) in [5.41, 5.74) is 3.19. The van der Waals surface area contributed by atoms with Crippen molar-refractivity contribution in [2.45, 2.75) is 32.7 Å². The van der Waals surface area contributed by atoms with E-state index in [0.717, 1.165) is 18.7 Å². The molecule has 18 heavy (non-hydrogen) atoms. The Bertz CT molecular complexity index is 463. The number of urea groups is 1. The number of amides is 2. The molecule has 0 aromatic heterocycles. The Hall–Kier alpha value is -1.71. The highest BCUT2D eigenvalue weighted by Crippen LogP contribution is 2.29. The Balaban J connectivity index is 2.05. The Morgan fingerprint density at radius 3 is 2.72 bits per heavy atom. The van der Waals surface area contributed by atoms with Crippen LogP contribution >= 0.6 is 0 Å². The lowest BCUT2D eigenvalue weighted by Crippen LogP contribution is -2.43. The number of benzene rings is 1. The molecule has 1 aliphatic rings. The summed E-state index contributed by atoms with van der Waals surface area (Å²) >= 11 is 0. The molecule has 1 heterocycles. The van der Waals surface area contributed by atoms with E-state index in [1.165, 1.54) is 11.3 Å². The number of hydrogen-bond donors (Lipinski definition) is 2. The number of nitrogens with one attached hydrogen (secondary N) is 2. The standard InChI is InChI=1S/C14H21N3O/c1-14(2,3)16-13(18)15-11-5-6-12-10(9-11)7-8-17(12)4/h5-6,9H,7-8H2,1-4H3,(H2,15,16,18). The second-order valence-corrected chi connectivity index (χ2v) is 5.84. The van der Waals surface area contributed by atoms with Crippen LogP contribution in [0.1, 0.15) is 26.3 Å². The molecule has 0 bridgehead atoms. The Morgan fingerprint density at radius 1 is 1.33 bits per heavy atom. The molecule has 1 aliphatic heterocycles. The van der Waals surface area contributed by atoms with Crippen molar-refractivity contribution in [3.05, 3.63) is 23.8 Å². The lowest BCUT2D eigenvalue weighted by molar-refractivity contribution is 0.244. The largest absolute Gasteiger partial charge is 0.374 e. The summed E-state index contributed by atoms with van der Waals surface area (Å²) in [6, 6.07) is 5.91. The summed E-state index contributed by atoms with van der Waals surface area (Å²) in [4.78, 5) is 14.0. The van der Waals surface area contributed by atoms with Crippen LogP contribution in [0.15, 0.2) is 18.2 Å². The van der Waals surface area contributed by atoms with Gasteiger partial charge in [-0.05, 0) is 51.0 Å². The van der Waals surface area contributed by atoms with E-state index >= 15 is 0 Å². The van der Waals surface area contributed by atoms with Gasteiger partial charge in [0.25, 0.3) is 0 Å². The maximum Gasteiger partial charge on any atom is 0.319 e. The molecule has 0 unspecified atom stereocenters. The van der Waals surface area contributed by atoms with Crippen LogP contribution in [0.5, 0.6) is 0 Å². The molecule has 0 fully saturated rings. The van der Waals surface area contributed by atoms with Crippen molar-refractivity contribution in [1.29, 1.82) is 0 Å². The Labute approximate surface area is 108 Å². The smallest absolute Gasteiger partial charge is 0.319 e. The maximum absolute atomic E-state index is 11.8. The minimum Gasteiger partial charge on any atom is -0.374 e. The van der Waals surface area contributed by atoms with E-state index in [1.54, 1.807) is 0 Å². The van der Waals surface area contributed by atoms with Gasteiger partial charge in [-0.2, -0.15) is 0 Å². The molecule has 2 rings (SSSR count). The molecule has 2 amide bonds. The van der Waals surface area contributed by atoms with E-state index in [0.29, 0.717) is 0 Å². The number of likely N-dealkylation sites (N-methyl/N-ethyl adjacent to an activating group) is 1. The van der Waals surface area contributed by atoms with Crippen LogP contribution in [0.2, 0.25) is 0 Å². The topological polar surface area (TPSA) is 44.4 Å². The first-order valence-electron chi connectivity index (χ1n) is 6.28. The van der Waals surface area contributed by atoms with E-state index in [4.69, 9.17) is 0 Å². The molecule has 0 radical (unpaired) electrons. The summed E-state index contributed by atoms with van der Waals surface area (Å²) in [5, 5.41) is 5.76. The van der Waals surface area contributed by atoms with Gasteiger partial charge in [0.1, 0.15) is 0 Å². The van der Waals surface area contributed by atoms with Crippen molar-refractivity contribution >= 4 is 17.4 Å². The minimum absolute atomic E-state index is 0.159. The maximum atomic E-state index is 11.8. The van der Waals surface area contributed by atoms with Crippen molar-refractivity contribution < 1.29 is 4.79 Å². The van der Waals surface area contributed by atoms with Crippen molar-refractivity contribution in [2.75, 3.05) is 23.8 Å². The van der Waals surface area contributed by atoms with Crippen molar-refractivity contribution in [2.24, 2.45) is 0 Å². The van der Waals surface area contributed by atoms with Gasteiger partial charge in [0, 0.05) is 30.5 Å². The third-order valence-corrected chi connectivity index (χ3v) is 2.95. The van der Waals surface area contributed by atoms with Crippen molar-refractivity contribution in [3.63, 3.8) is 0 Å². The Kier molecular flexibility index (Phi) is 3.20. The van der Waals surface area contributed by atoms with Crippen molar-refractivity contribution in [1.82, 2.24) is 5.32 Å². The molecule has 4 heteroatoms. The fourth-order valence-electron chi connectivity index (χ4n) is 2.15. The van der Waals surface area contributed by atoms with Crippen LogP contribution in [-0.2, 0) is 6.42 Å². The predicted molar refractivity (Wildman–Crippen MR) is 75.3 cm³/mol. The van der Waals surface area contributed by atoms with E-state index in [-0.39, 0.29) is 11.6 Å². The van der Waals surface area contributed by atoms with Crippen LogP contribution in [0, 0.1) is 0 Å². The number of anilines is 2. The molecule has 1 aromatic carbocycles. The molecule has 4 nitrogen and oxygen atoms in total. The monoisotopic (exact) mass is 247 g/mol. The number of rotatable bonds is 1. The van der Waals surface area contributed by atoms with Gasteiger partial charge >= 0.3 is 6.03 Å². The third kappa shape index (κ3) is 2.94. The zero-order valence-electron chi connectivity index (χ0n) is 11.5. The van der Waals surface area contributed by atoms with E-state index in [1.807, 2.05) is 26.8 Å². The molecule has 0 spiro atoms. The summed E-state index contributed by atoms with van der Waals surface area (Å²) in [6.07, 6.45) is 1.04. The normalized spacial score (nSPS) is 14.3. The SMILES string of the molecule is CN1CCc2cc(NC(=O)NC(C)(C)C)ccc21. The number of carbonyl (C=O) groups excluding carboxylic acids is 1. The second kappa shape index (κ2) is 4.52. The van der Waals surface area contributed by atoms with Crippen LogP contribution in [0.4, 0.5) is 16.2 Å². The first-order chi connectivity index (χ1) is 8.35. The van der Waals surface area contributed by atoms with Gasteiger partial charge in [-0.25, -0.2) is 4.79 Å². The first kappa shape index (κ1) is 12.7. The third-order valence-electron chi connectivity index (χ3n) is 2.95. The molecule has 98 valence electrons. The molecule has 0 aliphatic carbocycles. The van der Waals surface area contributed by atoms with E-state index < -0.39 is 0 Å². The van der Waals surface area contributed by atoms with Crippen LogP contribution < -0.4 is 15.5 Å². The number of carbonyl (C=O) groups is 1. The van der Waals surface area contributed by atoms with Gasteiger partial charge in [-0.15, -0.1) is 0 Å². The first-order valence-corrected chi connectivity index (χ1v) is 6.28. The highest BCUT2D eigenvalue weighted by atomic mass is 16.2. The van der Waals surface area contributed by atoms with Crippen molar-refractivity contribution in [3.8, 4) is 0 Å². The summed E-state index contributed by atoms with van der Waals surface area (Å²) < 4.78 is 0.